The number of hydrogen-bond acceptors (Lipinski definition) is 5. The van der Waals surface area contributed by atoms with Gasteiger partial charge in [0.25, 0.3) is 0 Å². The molecule has 23 heavy (non-hydrogen) atoms. The molecule has 0 spiro atoms. The van der Waals surface area contributed by atoms with Gasteiger partial charge in [0.2, 0.25) is 5.95 Å². The molecule has 0 aliphatic carbocycles. The summed E-state index contributed by atoms with van der Waals surface area (Å²) in [7, 11) is 1.96. The Bertz CT molecular complexity index is 646. The highest BCUT2D eigenvalue weighted by atomic mass is 19.1. The highest BCUT2D eigenvalue weighted by Crippen LogP contribution is 2.21. The SMILES string of the molecule is CN(CCC1CCOCC1)c1nncc(-c2cccc(F)c2)n1. The van der Waals surface area contributed by atoms with Crippen LogP contribution in [0.3, 0.4) is 0 Å². The van der Waals surface area contributed by atoms with Crippen LogP contribution < -0.4 is 4.90 Å². The lowest BCUT2D eigenvalue weighted by Crippen LogP contribution is -2.25. The van der Waals surface area contributed by atoms with E-state index in [4.69, 9.17) is 4.74 Å². The molecule has 0 amide bonds. The Morgan fingerprint density at radius 3 is 2.91 bits per heavy atom. The van der Waals surface area contributed by atoms with E-state index in [9.17, 15) is 4.39 Å². The van der Waals surface area contributed by atoms with E-state index in [0.717, 1.165) is 39.0 Å². The van der Waals surface area contributed by atoms with Crippen LogP contribution in [0.25, 0.3) is 11.3 Å². The molecule has 2 heterocycles. The summed E-state index contributed by atoms with van der Waals surface area (Å²) in [4.78, 5) is 6.51. The maximum atomic E-state index is 13.4. The summed E-state index contributed by atoms with van der Waals surface area (Å²) in [6, 6.07) is 6.36. The molecule has 1 aliphatic heterocycles. The fourth-order valence-electron chi connectivity index (χ4n) is 2.75. The van der Waals surface area contributed by atoms with E-state index in [1.165, 1.54) is 12.1 Å². The summed E-state index contributed by atoms with van der Waals surface area (Å²) in [6.45, 7) is 2.60. The maximum Gasteiger partial charge on any atom is 0.245 e. The molecule has 1 aromatic carbocycles. The molecule has 1 aromatic heterocycles. The van der Waals surface area contributed by atoms with Gasteiger partial charge in [-0.2, -0.15) is 5.10 Å². The zero-order valence-corrected chi connectivity index (χ0v) is 13.3. The normalized spacial score (nSPS) is 15.6. The van der Waals surface area contributed by atoms with Gasteiger partial charge in [0.05, 0.1) is 11.9 Å². The summed E-state index contributed by atoms with van der Waals surface area (Å²) < 4.78 is 18.7. The van der Waals surface area contributed by atoms with Gasteiger partial charge in [0.1, 0.15) is 5.82 Å². The maximum absolute atomic E-state index is 13.4. The van der Waals surface area contributed by atoms with Gasteiger partial charge in [0.15, 0.2) is 0 Å². The average Bonchev–Trinajstić information content (AvgIpc) is 2.61. The zero-order valence-electron chi connectivity index (χ0n) is 13.3. The van der Waals surface area contributed by atoms with E-state index < -0.39 is 0 Å². The van der Waals surface area contributed by atoms with Gasteiger partial charge in [-0.05, 0) is 37.3 Å². The molecule has 3 rings (SSSR count). The van der Waals surface area contributed by atoms with Gasteiger partial charge in [-0.15, -0.1) is 5.10 Å². The monoisotopic (exact) mass is 316 g/mol. The molecule has 0 N–H and O–H groups in total. The van der Waals surface area contributed by atoms with Crippen LogP contribution >= 0.6 is 0 Å². The summed E-state index contributed by atoms with van der Waals surface area (Å²) >= 11 is 0. The molecule has 122 valence electrons. The van der Waals surface area contributed by atoms with E-state index in [2.05, 4.69) is 15.2 Å². The number of hydrogen-bond donors (Lipinski definition) is 0. The van der Waals surface area contributed by atoms with Crippen LogP contribution in [0.2, 0.25) is 0 Å². The molecule has 5 nitrogen and oxygen atoms in total. The number of benzene rings is 1. The Balaban J connectivity index is 1.66. The third-order valence-electron chi connectivity index (χ3n) is 4.22. The minimum absolute atomic E-state index is 0.282. The van der Waals surface area contributed by atoms with Gasteiger partial charge in [-0.25, -0.2) is 9.37 Å². The minimum Gasteiger partial charge on any atom is -0.381 e. The van der Waals surface area contributed by atoms with Crippen molar-refractivity contribution in [3.63, 3.8) is 0 Å². The van der Waals surface area contributed by atoms with E-state index >= 15 is 0 Å². The van der Waals surface area contributed by atoms with Crippen molar-refractivity contribution in [2.45, 2.75) is 19.3 Å². The molecule has 0 unspecified atom stereocenters. The van der Waals surface area contributed by atoms with Crippen molar-refractivity contribution >= 4 is 5.95 Å². The van der Waals surface area contributed by atoms with Gasteiger partial charge >= 0.3 is 0 Å². The predicted octanol–water partition coefficient (Wildman–Crippen LogP) is 2.93. The second kappa shape index (κ2) is 7.46. The van der Waals surface area contributed by atoms with Crippen LogP contribution in [-0.2, 0) is 4.74 Å². The summed E-state index contributed by atoms with van der Waals surface area (Å²) in [6.07, 6.45) is 4.89. The highest BCUT2D eigenvalue weighted by Gasteiger charge is 2.15. The summed E-state index contributed by atoms with van der Waals surface area (Å²) in [5, 5.41) is 8.11. The van der Waals surface area contributed by atoms with Crippen molar-refractivity contribution in [3.8, 4) is 11.3 Å². The molecule has 1 aliphatic rings. The van der Waals surface area contributed by atoms with Gasteiger partial charge in [0, 0.05) is 32.4 Å². The second-order valence-corrected chi connectivity index (χ2v) is 5.92. The first-order valence-electron chi connectivity index (χ1n) is 7.97. The topological polar surface area (TPSA) is 51.1 Å². The predicted molar refractivity (Wildman–Crippen MR) is 86.7 cm³/mol. The zero-order chi connectivity index (χ0) is 16.1. The van der Waals surface area contributed by atoms with Crippen molar-refractivity contribution in [3.05, 3.63) is 36.3 Å². The van der Waals surface area contributed by atoms with Gasteiger partial charge in [-0.3, -0.25) is 0 Å². The Hall–Kier alpha value is -2.08. The fourth-order valence-corrected chi connectivity index (χ4v) is 2.75. The van der Waals surface area contributed by atoms with Gasteiger partial charge < -0.3 is 9.64 Å². The molecule has 1 fully saturated rings. The van der Waals surface area contributed by atoms with Crippen LogP contribution in [0.1, 0.15) is 19.3 Å². The quantitative estimate of drug-likeness (QED) is 0.849. The number of halogens is 1. The van der Waals surface area contributed by atoms with Crippen LogP contribution in [-0.4, -0.2) is 42.0 Å². The van der Waals surface area contributed by atoms with Crippen LogP contribution in [0.4, 0.5) is 10.3 Å². The molecule has 0 radical (unpaired) electrons. The molecular formula is C17H21FN4O. The molecule has 0 bridgehead atoms. The third-order valence-corrected chi connectivity index (χ3v) is 4.22. The first-order chi connectivity index (χ1) is 11.2. The number of rotatable bonds is 5. The largest absolute Gasteiger partial charge is 0.381 e. The number of anilines is 1. The van der Waals surface area contributed by atoms with Crippen molar-refractivity contribution in [2.24, 2.45) is 5.92 Å². The van der Waals surface area contributed by atoms with Crippen molar-refractivity contribution in [2.75, 3.05) is 31.7 Å². The Morgan fingerprint density at radius 1 is 1.30 bits per heavy atom. The highest BCUT2D eigenvalue weighted by molar-refractivity contribution is 5.59. The second-order valence-electron chi connectivity index (χ2n) is 5.92. The lowest BCUT2D eigenvalue weighted by molar-refractivity contribution is 0.0645. The molecule has 1 saturated heterocycles. The smallest absolute Gasteiger partial charge is 0.245 e. The lowest BCUT2D eigenvalue weighted by Gasteiger charge is -2.24. The fraction of sp³-hybridized carbons (Fsp3) is 0.471. The molecule has 0 saturated carbocycles. The standard InChI is InChI=1S/C17H21FN4O/c1-22(8-5-13-6-9-23-10-7-13)17-20-16(12-19-21-17)14-3-2-4-15(18)11-14/h2-4,11-13H,5-10H2,1H3. The first-order valence-corrected chi connectivity index (χ1v) is 7.97. The van der Waals surface area contributed by atoms with E-state index in [-0.39, 0.29) is 5.82 Å². The Labute approximate surface area is 135 Å². The van der Waals surface area contributed by atoms with Crippen molar-refractivity contribution in [1.82, 2.24) is 15.2 Å². The average molecular weight is 316 g/mol. The van der Waals surface area contributed by atoms with Crippen LogP contribution in [0.5, 0.6) is 0 Å². The molecule has 2 aromatic rings. The number of aromatic nitrogens is 3. The van der Waals surface area contributed by atoms with Gasteiger partial charge in [-0.1, -0.05) is 12.1 Å². The van der Waals surface area contributed by atoms with Crippen LogP contribution in [0, 0.1) is 11.7 Å². The summed E-state index contributed by atoms with van der Waals surface area (Å²) in [5.74, 6) is 0.986. The van der Waals surface area contributed by atoms with E-state index in [1.807, 2.05) is 18.0 Å². The number of nitrogens with zero attached hydrogens (tertiary/aromatic N) is 4. The van der Waals surface area contributed by atoms with Crippen molar-refractivity contribution in [1.29, 1.82) is 0 Å². The van der Waals surface area contributed by atoms with Crippen LogP contribution in [0.15, 0.2) is 30.5 Å². The molecular weight excluding hydrogens is 295 g/mol. The Morgan fingerprint density at radius 2 is 2.13 bits per heavy atom. The molecule has 0 atom stereocenters. The molecule has 6 heteroatoms. The van der Waals surface area contributed by atoms with E-state index in [1.54, 1.807) is 12.3 Å². The van der Waals surface area contributed by atoms with Crippen molar-refractivity contribution < 1.29 is 9.13 Å². The Kier molecular flexibility index (Phi) is 5.12. The third kappa shape index (κ3) is 4.22. The first kappa shape index (κ1) is 15.8. The van der Waals surface area contributed by atoms with E-state index in [0.29, 0.717) is 23.1 Å². The minimum atomic E-state index is -0.282. The lowest BCUT2D eigenvalue weighted by atomic mass is 9.96. The summed E-state index contributed by atoms with van der Waals surface area (Å²) in [5.41, 5.74) is 1.34. The number of ether oxygens (including phenoxy) is 1.